The third-order valence-corrected chi connectivity index (χ3v) is 3.82. The van der Waals surface area contributed by atoms with E-state index in [9.17, 15) is 4.79 Å². The summed E-state index contributed by atoms with van der Waals surface area (Å²) in [6, 6.07) is 14.0. The average molecular weight is 325 g/mol. The number of hydrogen-bond donors (Lipinski definition) is 2. The second-order valence-electron chi connectivity index (χ2n) is 6.38. The van der Waals surface area contributed by atoms with Crippen LogP contribution < -0.4 is 10.6 Å². The van der Waals surface area contributed by atoms with E-state index in [1.54, 1.807) is 12.3 Å². The smallest absolute Gasteiger partial charge is 0.251 e. The zero-order valence-corrected chi connectivity index (χ0v) is 14.6. The van der Waals surface area contributed by atoms with Crippen molar-refractivity contribution in [2.45, 2.75) is 33.1 Å². The summed E-state index contributed by atoms with van der Waals surface area (Å²) in [6.07, 6.45) is 4.72. The zero-order chi connectivity index (χ0) is 17.2. The van der Waals surface area contributed by atoms with E-state index in [0.29, 0.717) is 18.0 Å². The predicted octanol–water partition coefficient (Wildman–Crippen LogP) is 3.90. The molecule has 4 heteroatoms. The van der Waals surface area contributed by atoms with Crippen LogP contribution in [0.3, 0.4) is 0 Å². The van der Waals surface area contributed by atoms with E-state index in [1.807, 2.05) is 12.1 Å². The van der Waals surface area contributed by atoms with Gasteiger partial charge in [-0.1, -0.05) is 44.2 Å². The highest BCUT2D eigenvalue weighted by Gasteiger charge is 2.06. The second-order valence-corrected chi connectivity index (χ2v) is 6.38. The number of amides is 1. The van der Waals surface area contributed by atoms with Crippen LogP contribution in [0, 0.1) is 5.92 Å². The molecular weight excluding hydrogens is 298 g/mol. The van der Waals surface area contributed by atoms with Crippen LogP contribution in [0.1, 0.15) is 42.6 Å². The van der Waals surface area contributed by atoms with E-state index in [-0.39, 0.29) is 5.91 Å². The molecular formula is C20H27N3O. The second kappa shape index (κ2) is 9.71. The summed E-state index contributed by atoms with van der Waals surface area (Å²) in [5.74, 6) is 1.30. The van der Waals surface area contributed by atoms with Crippen molar-refractivity contribution in [3.8, 4) is 0 Å². The molecule has 0 aliphatic rings. The van der Waals surface area contributed by atoms with E-state index in [4.69, 9.17) is 0 Å². The van der Waals surface area contributed by atoms with Crippen LogP contribution in [0.25, 0.3) is 0 Å². The number of aryl methyl sites for hydroxylation is 1. The molecule has 2 rings (SSSR count). The van der Waals surface area contributed by atoms with Gasteiger partial charge in [0.1, 0.15) is 5.82 Å². The van der Waals surface area contributed by atoms with Crippen LogP contribution in [-0.4, -0.2) is 24.0 Å². The molecule has 24 heavy (non-hydrogen) atoms. The molecule has 1 aromatic carbocycles. The number of hydrogen-bond acceptors (Lipinski definition) is 3. The lowest BCUT2D eigenvalue weighted by Gasteiger charge is -2.09. The van der Waals surface area contributed by atoms with Gasteiger partial charge in [0.25, 0.3) is 5.91 Å². The number of benzene rings is 1. The van der Waals surface area contributed by atoms with Crippen molar-refractivity contribution in [3.05, 3.63) is 59.8 Å². The molecule has 1 heterocycles. The fraction of sp³-hybridized carbons (Fsp3) is 0.400. The Morgan fingerprint density at radius 3 is 2.67 bits per heavy atom. The van der Waals surface area contributed by atoms with Gasteiger partial charge in [0.15, 0.2) is 0 Å². The van der Waals surface area contributed by atoms with Crippen molar-refractivity contribution >= 4 is 11.7 Å². The van der Waals surface area contributed by atoms with Crippen LogP contribution in [0.2, 0.25) is 0 Å². The van der Waals surface area contributed by atoms with E-state index in [0.717, 1.165) is 31.6 Å². The lowest BCUT2D eigenvalue weighted by Crippen LogP contribution is -2.25. The first-order valence-corrected chi connectivity index (χ1v) is 8.67. The van der Waals surface area contributed by atoms with E-state index >= 15 is 0 Å². The summed E-state index contributed by atoms with van der Waals surface area (Å²) in [4.78, 5) is 16.4. The van der Waals surface area contributed by atoms with Crippen molar-refractivity contribution in [2.24, 2.45) is 5.92 Å². The molecule has 128 valence electrons. The number of rotatable bonds is 9. The lowest BCUT2D eigenvalue weighted by molar-refractivity contribution is 0.0952. The van der Waals surface area contributed by atoms with Gasteiger partial charge in [0.05, 0.1) is 0 Å². The Bertz CT molecular complexity index is 626. The van der Waals surface area contributed by atoms with Crippen molar-refractivity contribution in [1.29, 1.82) is 0 Å². The molecule has 0 radical (unpaired) electrons. The molecule has 0 aliphatic heterocycles. The summed E-state index contributed by atoms with van der Waals surface area (Å²) >= 11 is 0. The fourth-order valence-electron chi connectivity index (χ4n) is 2.40. The van der Waals surface area contributed by atoms with Crippen molar-refractivity contribution in [3.63, 3.8) is 0 Å². The van der Waals surface area contributed by atoms with Gasteiger partial charge in [0.2, 0.25) is 0 Å². The quantitative estimate of drug-likeness (QED) is 0.688. The maximum Gasteiger partial charge on any atom is 0.251 e. The molecule has 0 saturated carbocycles. The summed E-state index contributed by atoms with van der Waals surface area (Å²) in [6.45, 7) is 5.84. The van der Waals surface area contributed by atoms with E-state index in [2.05, 4.69) is 53.7 Å². The minimum absolute atomic E-state index is 0.0367. The van der Waals surface area contributed by atoms with Gasteiger partial charge in [-0.25, -0.2) is 4.98 Å². The largest absolute Gasteiger partial charge is 0.370 e. The van der Waals surface area contributed by atoms with Crippen molar-refractivity contribution in [2.75, 3.05) is 18.4 Å². The van der Waals surface area contributed by atoms with Crippen LogP contribution in [0.15, 0.2) is 48.7 Å². The summed E-state index contributed by atoms with van der Waals surface area (Å²) in [7, 11) is 0. The summed E-state index contributed by atoms with van der Waals surface area (Å²) in [5, 5.41) is 6.25. The first kappa shape index (κ1) is 18.0. The number of nitrogens with zero attached hydrogens (tertiary/aromatic N) is 1. The van der Waals surface area contributed by atoms with Gasteiger partial charge in [-0.3, -0.25) is 4.79 Å². The number of aromatic nitrogens is 1. The molecule has 1 amide bonds. The number of carbonyl (C=O) groups is 1. The molecule has 4 nitrogen and oxygen atoms in total. The maximum absolute atomic E-state index is 12.1. The Balaban J connectivity index is 1.76. The SMILES string of the molecule is CC(C)CCNC(=O)c1ccnc(NCCCc2ccccc2)c1. The van der Waals surface area contributed by atoms with Gasteiger partial charge in [-0.15, -0.1) is 0 Å². The number of carbonyl (C=O) groups excluding carboxylic acids is 1. The third kappa shape index (κ3) is 6.41. The highest BCUT2D eigenvalue weighted by atomic mass is 16.1. The molecule has 0 fully saturated rings. The molecule has 2 aromatic rings. The Morgan fingerprint density at radius 1 is 1.12 bits per heavy atom. The summed E-state index contributed by atoms with van der Waals surface area (Å²) in [5.41, 5.74) is 1.99. The Hall–Kier alpha value is -2.36. The monoisotopic (exact) mass is 325 g/mol. The average Bonchev–Trinajstić information content (AvgIpc) is 2.59. The fourth-order valence-corrected chi connectivity index (χ4v) is 2.40. The molecule has 1 aromatic heterocycles. The van der Waals surface area contributed by atoms with Gasteiger partial charge in [-0.05, 0) is 42.9 Å². The standard InChI is InChI=1S/C20H27N3O/c1-16(2)10-13-23-20(24)18-11-14-22-19(15-18)21-12-6-9-17-7-4-3-5-8-17/h3-5,7-8,11,14-16H,6,9-10,12-13H2,1-2H3,(H,21,22)(H,23,24). The first-order valence-electron chi connectivity index (χ1n) is 8.67. The van der Waals surface area contributed by atoms with Crippen molar-refractivity contribution < 1.29 is 4.79 Å². The van der Waals surface area contributed by atoms with Crippen LogP contribution in [0.4, 0.5) is 5.82 Å². The topological polar surface area (TPSA) is 54.0 Å². The molecule has 0 spiro atoms. The number of pyridine rings is 1. The molecule has 0 atom stereocenters. The highest BCUT2D eigenvalue weighted by Crippen LogP contribution is 2.08. The number of nitrogens with one attached hydrogen (secondary N) is 2. The van der Waals surface area contributed by atoms with Crippen molar-refractivity contribution in [1.82, 2.24) is 10.3 Å². The molecule has 0 bridgehead atoms. The van der Waals surface area contributed by atoms with Crippen LogP contribution >= 0.6 is 0 Å². The van der Waals surface area contributed by atoms with Gasteiger partial charge < -0.3 is 10.6 Å². The van der Waals surface area contributed by atoms with E-state index in [1.165, 1.54) is 5.56 Å². The zero-order valence-electron chi connectivity index (χ0n) is 14.6. The molecule has 2 N–H and O–H groups in total. The maximum atomic E-state index is 12.1. The van der Waals surface area contributed by atoms with Crippen LogP contribution in [-0.2, 0) is 6.42 Å². The van der Waals surface area contributed by atoms with Gasteiger partial charge in [-0.2, -0.15) is 0 Å². The number of anilines is 1. The lowest BCUT2D eigenvalue weighted by atomic mass is 10.1. The van der Waals surface area contributed by atoms with Gasteiger partial charge >= 0.3 is 0 Å². The molecule has 0 unspecified atom stereocenters. The Morgan fingerprint density at radius 2 is 1.92 bits per heavy atom. The Kier molecular flexibility index (Phi) is 7.27. The predicted molar refractivity (Wildman–Crippen MR) is 99.3 cm³/mol. The molecule has 0 saturated heterocycles. The molecule has 0 aliphatic carbocycles. The van der Waals surface area contributed by atoms with Crippen LogP contribution in [0.5, 0.6) is 0 Å². The Labute approximate surface area is 144 Å². The minimum Gasteiger partial charge on any atom is -0.370 e. The first-order chi connectivity index (χ1) is 11.6. The third-order valence-electron chi connectivity index (χ3n) is 3.82. The van der Waals surface area contributed by atoms with Gasteiger partial charge in [0, 0.05) is 24.8 Å². The highest BCUT2D eigenvalue weighted by molar-refractivity contribution is 5.94. The van der Waals surface area contributed by atoms with E-state index < -0.39 is 0 Å². The normalized spacial score (nSPS) is 10.6. The summed E-state index contributed by atoms with van der Waals surface area (Å²) < 4.78 is 0. The minimum atomic E-state index is -0.0367.